The van der Waals surface area contributed by atoms with Gasteiger partial charge in [0, 0.05) is 28.6 Å². The molecule has 0 atom stereocenters. The Morgan fingerprint density at radius 1 is 1.09 bits per heavy atom. The van der Waals surface area contributed by atoms with Crippen LogP contribution in [0, 0.1) is 0 Å². The molecule has 4 heteroatoms. The second-order valence-corrected chi connectivity index (χ2v) is 5.49. The van der Waals surface area contributed by atoms with Crippen LogP contribution in [0.25, 0.3) is 6.08 Å². The van der Waals surface area contributed by atoms with Gasteiger partial charge in [0.05, 0.1) is 14.2 Å². The highest BCUT2D eigenvalue weighted by Gasteiger charge is 2.26. The van der Waals surface area contributed by atoms with Crippen LogP contribution in [-0.2, 0) is 6.42 Å². The van der Waals surface area contributed by atoms with Crippen LogP contribution in [0.15, 0.2) is 42.0 Å². The lowest BCUT2D eigenvalue weighted by molar-refractivity contribution is 0.104. The second kappa shape index (κ2) is 5.85. The van der Waals surface area contributed by atoms with Crippen molar-refractivity contribution >= 4 is 23.5 Å². The van der Waals surface area contributed by atoms with Gasteiger partial charge in [-0.3, -0.25) is 4.79 Å². The molecule has 0 radical (unpaired) electrons. The SMILES string of the molecule is COc1cc(C=C2Cc3c(Cl)cccc3C2=O)cc(OC)c1. The van der Waals surface area contributed by atoms with E-state index in [1.807, 2.05) is 30.3 Å². The molecule has 0 unspecified atom stereocenters. The van der Waals surface area contributed by atoms with Crippen LogP contribution < -0.4 is 9.47 Å². The average molecular weight is 315 g/mol. The molecule has 1 aliphatic carbocycles. The molecular weight excluding hydrogens is 300 g/mol. The molecule has 22 heavy (non-hydrogen) atoms. The zero-order valence-corrected chi connectivity index (χ0v) is 13.1. The van der Waals surface area contributed by atoms with Gasteiger partial charge in [0.15, 0.2) is 5.78 Å². The Morgan fingerprint density at radius 2 is 1.77 bits per heavy atom. The molecular formula is C18H15ClO3. The van der Waals surface area contributed by atoms with Gasteiger partial charge >= 0.3 is 0 Å². The highest BCUT2D eigenvalue weighted by molar-refractivity contribution is 6.33. The highest BCUT2D eigenvalue weighted by Crippen LogP contribution is 2.33. The number of ether oxygens (including phenoxy) is 2. The van der Waals surface area contributed by atoms with Crippen molar-refractivity contribution in [2.24, 2.45) is 0 Å². The second-order valence-electron chi connectivity index (χ2n) is 5.09. The number of Topliss-reactive ketones (excluding diaryl/α,β-unsaturated/α-hetero) is 1. The molecule has 0 spiro atoms. The summed E-state index contributed by atoms with van der Waals surface area (Å²) in [5.41, 5.74) is 3.17. The predicted octanol–water partition coefficient (Wildman–Crippen LogP) is 4.18. The molecule has 0 N–H and O–H groups in total. The molecule has 1 aliphatic rings. The van der Waals surface area contributed by atoms with Crippen LogP contribution in [-0.4, -0.2) is 20.0 Å². The smallest absolute Gasteiger partial charge is 0.189 e. The highest BCUT2D eigenvalue weighted by atomic mass is 35.5. The van der Waals surface area contributed by atoms with Crippen LogP contribution in [0.4, 0.5) is 0 Å². The van der Waals surface area contributed by atoms with Crippen molar-refractivity contribution in [2.75, 3.05) is 14.2 Å². The molecule has 2 aromatic carbocycles. The summed E-state index contributed by atoms with van der Waals surface area (Å²) in [7, 11) is 3.20. The summed E-state index contributed by atoms with van der Waals surface area (Å²) < 4.78 is 10.5. The van der Waals surface area contributed by atoms with E-state index in [2.05, 4.69) is 0 Å². The minimum Gasteiger partial charge on any atom is -0.497 e. The van der Waals surface area contributed by atoms with E-state index in [0.717, 1.165) is 16.7 Å². The van der Waals surface area contributed by atoms with Crippen LogP contribution in [0.3, 0.4) is 0 Å². The van der Waals surface area contributed by atoms with E-state index in [0.29, 0.717) is 28.5 Å². The minimum atomic E-state index is 0.0271. The fourth-order valence-corrected chi connectivity index (χ4v) is 2.87. The van der Waals surface area contributed by atoms with Crippen molar-refractivity contribution in [2.45, 2.75) is 6.42 Å². The van der Waals surface area contributed by atoms with E-state index in [1.165, 1.54) is 0 Å². The minimum absolute atomic E-state index is 0.0271. The third kappa shape index (κ3) is 2.60. The number of halogens is 1. The number of carbonyl (C=O) groups is 1. The molecule has 0 saturated carbocycles. The summed E-state index contributed by atoms with van der Waals surface area (Å²) in [6.45, 7) is 0. The van der Waals surface area contributed by atoms with E-state index >= 15 is 0 Å². The topological polar surface area (TPSA) is 35.5 Å². The maximum Gasteiger partial charge on any atom is 0.189 e. The van der Waals surface area contributed by atoms with Gasteiger partial charge in [-0.05, 0) is 35.4 Å². The Labute approximate surface area is 134 Å². The molecule has 0 saturated heterocycles. The first-order chi connectivity index (χ1) is 10.6. The first kappa shape index (κ1) is 14.7. The number of ketones is 1. The molecule has 0 fully saturated rings. The van der Waals surface area contributed by atoms with Crippen LogP contribution in [0.5, 0.6) is 11.5 Å². The fourth-order valence-electron chi connectivity index (χ4n) is 2.63. The van der Waals surface area contributed by atoms with Crippen molar-refractivity contribution in [1.82, 2.24) is 0 Å². The van der Waals surface area contributed by atoms with E-state index in [9.17, 15) is 4.79 Å². The van der Waals surface area contributed by atoms with Crippen LogP contribution in [0.1, 0.15) is 21.5 Å². The molecule has 112 valence electrons. The average Bonchev–Trinajstić information content (AvgIpc) is 2.85. The number of allylic oxidation sites excluding steroid dienone is 1. The summed E-state index contributed by atoms with van der Waals surface area (Å²) in [5, 5.41) is 0.637. The standard InChI is InChI=1S/C18H15ClO3/c1-21-13-7-11(8-14(10-13)22-2)6-12-9-16-15(18(12)20)4-3-5-17(16)19/h3-8,10H,9H2,1-2H3. The Morgan fingerprint density at radius 3 is 2.36 bits per heavy atom. The summed E-state index contributed by atoms with van der Waals surface area (Å²) in [4.78, 5) is 12.5. The molecule has 3 nitrogen and oxygen atoms in total. The number of rotatable bonds is 3. The summed E-state index contributed by atoms with van der Waals surface area (Å²) in [6.07, 6.45) is 2.41. The third-order valence-electron chi connectivity index (χ3n) is 3.74. The lowest BCUT2D eigenvalue weighted by Crippen LogP contribution is -1.95. The van der Waals surface area contributed by atoms with Gasteiger partial charge in [-0.2, -0.15) is 0 Å². The van der Waals surface area contributed by atoms with Gasteiger partial charge in [0.2, 0.25) is 0 Å². The fraction of sp³-hybridized carbons (Fsp3) is 0.167. The van der Waals surface area contributed by atoms with E-state index < -0.39 is 0 Å². The van der Waals surface area contributed by atoms with Gasteiger partial charge in [-0.1, -0.05) is 23.7 Å². The Kier molecular flexibility index (Phi) is 3.90. The maximum absolute atomic E-state index is 12.5. The number of carbonyl (C=O) groups excluding carboxylic acids is 1. The lowest BCUT2D eigenvalue weighted by atomic mass is 10.1. The van der Waals surface area contributed by atoms with Crippen molar-refractivity contribution in [3.8, 4) is 11.5 Å². The van der Waals surface area contributed by atoms with Gasteiger partial charge in [-0.25, -0.2) is 0 Å². The van der Waals surface area contributed by atoms with Crippen molar-refractivity contribution in [3.05, 3.63) is 63.7 Å². The molecule has 3 rings (SSSR count). The molecule has 0 aliphatic heterocycles. The molecule has 0 bridgehead atoms. The number of methoxy groups -OCH3 is 2. The summed E-state index contributed by atoms with van der Waals surface area (Å²) in [5.74, 6) is 1.40. The first-order valence-corrected chi connectivity index (χ1v) is 7.26. The predicted molar refractivity (Wildman–Crippen MR) is 87.0 cm³/mol. The lowest BCUT2D eigenvalue weighted by Gasteiger charge is -2.06. The monoisotopic (exact) mass is 314 g/mol. The van der Waals surface area contributed by atoms with Crippen LogP contribution in [0.2, 0.25) is 5.02 Å². The normalized spacial score (nSPS) is 15.0. The largest absolute Gasteiger partial charge is 0.497 e. The third-order valence-corrected chi connectivity index (χ3v) is 4.09. The van der Waals surface area contributed by atoms with Crippen molar-refractivity contribution < 1.29 is 14.3 Å². The van der Waals surface area contributed by atoms with Crippen molar-refractivity contribution in [1.29, 1.82) is 0 Å². The van der Waals surface area contributed by atoms with Gasteiger partial charge in [0.25, 0.3) is 0 Å². The van der Waals surface area contributed by atoms with Gasteiger partial charge in [0.1, 0.15) is 11.5 Å². The maximum atomic E-state index is 12.5. The Bertz CT molecular complexity index is 756. The number of benzene rings is 2. The molecule has 0 amide bonds. The quantitative estimate of drug-likeness (QED) is 0.797. The Balaban J connectivity index is 2.01. The molecule has 0 heterocycles. The number of hydrogen-bond donors (Lipinski definition) is 0. The molecule has 2 aromatic rings. The van der Waals surface area contributed by atoms with E-state index in [-0.39, 0.29) is 5.78 Å². The first-order valence-electron chi connectivity index (χ1n) is 6.88. The van der Waals surface area contributed by atoms with E-state index in [4.69, 9.17) is 21.1 Å². The Hall–Kier alpha value is -2.26. The van der Waals surface area contributed by atoms with Gasteiger partial charge < -0.3 is 9.47 Å². The zero-order valence-electron chi connectivity index (χ0n) is 12.4. The van der Waals surface area contributed by atoms with E-state index in [1.54, 1.807) is 26.4 Å². The van der Waals surface area contributed by atoms with Gasteiger partial charge in [-0.15, -0.1) is 0 Å². The molecule has 0 aromatic heterocycles. The zero-order chi connectivity index (χ0) is 15.7. The van der Waals surface area contributed by atoms with Crippen molar-refractivity contribution in [3.63, 3.8) is 0 Å². The summed E-state index contributed by atoms with van der Waals surface area (Å²) in [6, 6.07) is 11.0. The number of fused-ring (bicyclic) bond motifs is 1. The summed E-state index contributed by atoms with van der Waals surface area (Å²) >= 11 is 6.18. The number of hydrogen-bond acceptors (Lipinski definition) is 3. The van der Waals surface area contributed by atoms with Crippen LogP contribution >= 0.6 is 11.6 Å².